The number of nitrogens with one attached hydrogen (secondary N) is 1. The normalized spacial score (nSPS) is 19.0. The Bertz CT molecular complexity index is 642. The lowest BCUT2D eigenvalue weighted by Crippen LogP contribution is -2.54. The van der Waals surface area contributed by atoms with Crippen LogP contribution in [0.3, 0.4) is 0 Å². The summed E-state index contributed by atoms with van der Waals surface area (Å²) in [5, 5.41) is 3.63. The first-order chi connectivity index (χ1) is 12.0. The zero-order valence-electron chi connectivity index (χ0n) is 14.0. The Morgan fingerprint density at radius 3 is 2.32 bits per heavy atom. The highest BCUT2D eigenvalue weighted by Gasteiger charge is 2.28. The van der Waals surface area contributed by atoms with E-state index in [2.05, 4.69) is 10.3 Å². The molecule has 3 rings (SSSR count). The molecule has 0 spiro atoms. The first-order valence-corrected chi connectivity index (χ1v) is 9.47. The quantitative estimate of drug-likeness (QED) is 0.796. The molecule has 25 heavy (non-hydrogen) atoms. The van der Waals surface area contributed by atoms with Crippen molar-refractivity contribution >= 4 is 35.1 Å². The molecule has 1 saturated carbocycles. The molecule has 1 saturated heterocycles. The van der Waals surface area contributed by atoms with Crippen molar-refractivity contribution in [1.29, 1.82) is 0 Å². The van der Waals surface area contributed by atoms with Gasteiger partial charge in [-0.2, -0.15) is 0 Å². The van der Waals surface area contributed by atoms with Crippen LogP contribution in [0.25, 0.3) is 0 Å². The first-order valence-electron chi connectivity index (χ1n) is 8.71. The summed E-state index contributed by atoms with van der Waals surface area (Å²) >= 11 is 11.9. The molecule has 0 aromatic carbocycles. The molecular weight excluding hydrogens is 363 g/mol. The summed E-state index contributed by atoms with van der Waals surface area (Å²) in [6.07, 6.45) is 5.74. The van der Waals surface area contributed by atoms with Crippen molar-refractivity contribution in [2.45, 2.75) is 38.1 Å². The molecule has 1 N–H and O–H groups in total. The molecule has 2 aliphatic rings. The highest BCUT2D eigenvalue weighted by Crippen LogP contribution is 2.20. The third-order valence-corrected chi connectivity index (χ3v) is 5.32. The number of nitrogens with zero attached hydrogens (tertiary/aromatic N) is 3. The number of carbonyl (C=O) groups is 2. The van der Waals surface area contributed by atoms with Crippen molar-refractivity contribution in [3.8, 4) is 0 Å². The second-order valence-corrected chi connectivity index (χ2v) is 7.32. The van der Waals surface area contributed by atoms with E-state index in [1.54, 1.807) is 21.9 Å². The van der Waals surface area contributed by atoms with E-state index in [0.29, 0.717) is 26.2 Å². The Morgan fingerprint density at radius 1 is 1.00 bits per heavy atom. The predicted molar refractivity (Wildman–Crippen MR) is 97.1 cm³/mol. The lowest BCUT2D eigenvalue weighted by molar-refractivity contribution is 0.0657. The van der Waals surface area contributed by atoms with Crippen LogP contribution in [0.1, 0.15) is 42.6 Å². The Balaban J connectivity index is 1.53. The van der Waals surface area contributed by atoms with E-state index < -0.39 is 0 Å². The van der Waals surface area contributed by atoms with Crippen LogP contribution in [0.2, 0.25) is 10.2 Å². The lowest BCUT2D eigenvalue weighted by Gasteiger charge is -2.36. The molecule has 2 fully saturated rings. The highest BCUT2D eigenvalue weighted by atomic mass is 35.5. The molecule has 1 aliphatic heterocycles. The van der Waals surface area contributed by atoms with Crippen LogP contribution < -0.4 is 5.32 Å². The van der Waals surface area contributed by atoms with E-state index in [1.165, 1.54) is 19.3 Å². The number of urea groups is 1. The second kappa shape index (κ2) is 8.23. The molecule has 0 unspecified atom stereocenters. The minimum absolute atomic E-state index is 0.0297. The van der Waals surface area contributed by atoms with Crippen molar-refractivity contribution in [2.24, 2.45) is 0 Å². The van der Waals surface area contributed by atoms with Crippen molar-refractivity contribution in [1.82, 2.24) is 20.1 Å². The number of halogens is 2. The van der Waals surface area contributed by atoms with Crippen LogP contribution in [0.5, 0.6) is 0 Å². The minimum atomic E-state index is -0.250. The van der Waals surface area contributed by atoms with E-state index >= 15 is 0 Å². The summed E-state index contributed by atoms with van der Waals surface area (Å²) in [4.78, 5) is 32.4. The van der Waals surface area contributed by atoms with Crippen molar-refractivity contribution in [2.75, 3.05) is 26.2 Å². The molecular formula is C17H22Cl2N4O2. The van der Waals surface area contributed by atoms with Gasteiger partial charge >= 0.3 is 6.03 Å². The van der Waals surface area contributed by atoms with Gasteiger partial charge in [-0.25, -0.2) is 9.78 Å². The maximum absolute atomic E-state index is 12.6. The standard InChI is InChI=1S/C17H22Cl2N4O2/c18-13-6-7-14(19)21-15(13)16(24)22-8-10-23(11-9-22)17(25)20-12-4-2-1-3-5-12/h6-7,12H,1-5,8-11H2,(H,20,25). The summed E-state index contributed by atoms with van der Waals surface area (Å²) in [5.41, 5.74) is 0.161. The summed E-state index contributed by atoms with van der Waals surface area (Å²) in [5.74, 6) is -0.250. The number of hydrogen-bond acceptors (Lipinski definition) is 3. The molecule has 1 aromatic heterocycles. The minimum Gasteiger partial charge on any atom is -0.335 e. The van der Waals surface area contributed by atoms with E-state index in [4.69, 9.17) is 23.2 Å². The van der Waals surface area contributed by atoms with E-state index in [0.717, 1.165) is 12.8 Å². The number of rotatable bonds is 2. The zero-order chi connectivity index (χ0) is 17.8. The molecule has 2 heterocycles. The zero-order valence-corrected chi connectivity index (χ0v) is 15.5. The fourth-order valence-electron chi connectivity index (χ4n) is 3.34. The average Bonchev–Trinajstić information content (AvgIpc) is 2.64. The SMILES string of the molecule is O=C(NC1CCCCC1)N1CCN(C(=O)c2nc(Cl)ccc2Cl)CC1. The maximum Gasteiger partial charge on any atom is 0.317 e. The number of carbonyl (C=O) groups excluding carboxylic acids is 2. The van der Waals surface area contributed by atoms with Crippen LogP contribution in [0.4, 0.5) is 4.79 Å². The largest absolute Gasteiger partial charge is 0.335 e. The van der Waals surface area contributed by atoms with Crippen LogP contribution in [0, 0.1) is 0 Å². The lowest BCUT2D eigenvalue weighted by atomic mass is 9.96. The third-order valence-electron chi connectivity index (χ3n) is 4.80. The van der Waals surface area contributed by atoms with Gasteiger partial charge in [0.1, 0.15) is 10.8 Å². The molecule has 136 valence electrons. The monoisotopic (exact) mass is 384 g/mol. The van der Waals surface area contributed by atoms with E-state index in [9.17, 15) is 9.59 Å². The number of amides is 3. The average molecular weight is 385 g/mol. The van der Waals surface area contributed by atoms with Gasteiger partial charge in [0.15, 0.2) is 0 Å². The molecule has 0 atom stereocenters. The van der Waals surface area contributed by atoms with Gasteiger partial charge in [-0.3, -0.25) is 4.79 Å². The number of aromatic nitrogens is 1. The summed E-state index contributed by atoms with van der Waals surface area (Å²) in [7, 11) is 0. The van der Waals surface area contributed by atoms with Gasteiger partial charge in [0.05, 0.1) is 5.02 Å². The molecule has 0 bridgehead atoms. The topological polar surface area (TPSA) is 65.5 Å². The smallest absolute Gasteiger partial charge is 0.317 e. The van der Waals surface area contributed by atoms with Crippen molar-refractivity contribution < 1.29 is 9.59 Å². The maximum atomic E-state index is 12.6. The number of pyridine rings is 1. The molecule has 1 aromatic rings. The second-order valence-electron chi connectivity index (χ2n) is 6.53. The van der Waals surface area contributed by atoms with E-state index in [1.807, 2.05) is 0 Å². The summed E-state index contributed by atoms with van der Waals surface area (Å²) < 4.78 is 0. The summed E-state index contributed by atoms with van der Waals surface area (Å²) in [6.45, 7) is 1.92. The van der Waals surface area contributed by atoms with Gasteiger partial charge in [-0.15, -0.1) is 0 Å². The highest BCUT2D eigenvalue weighted by molar-refractivity contribution is 6.34. The van der Waals surface area contributed by atoms with E-state index in [-0.39, 0.29) is 33.8 Å². The Kier molecular flexibility index (Phi) is 6.02. The van der Waals surface area contributed by atoms with Gasteiger partial charge in [0.2, 0.25) is 0 Å². The van der Waals surface area contributed by atoms with Gasteiger partial charge in [0.25, 0.3) is 5.91 Å². The van der Waals surface area contributed by atoms with Crippen LogP contribution >= 0.6 is 23.2 Å². The first kappa shape index (κ1) is 18.3. The number of hydrogen-bond donors (Lipinski definition) is 1. The van der Waals surface area contributed by atoms with Gasteiger partial charge < -0.3 is 15.1 Å². The van der Waals surface area contributed by atoms with Crippen molar-refractivity contribution in [3.05, 3.63) is 28.0 Å². The summed E-state index contributed by atoms with van der Waals surface area (Å²) in [6, 6.07) is 3.37. The number of piperazine rings is 1. The fraction of sp³-hybridized carbons (Fsp3) is 0.588. The molecule has 1 aliphatic carbocycles. The van der Waals surface area contributed by atoms with Gasteiger partial charge in [-0.1, -0.05) is 42.5 Å². The molecule has 3 amide bonds. The Labute approximate surface area is 157 Å². The van der Waals surface area contributed by atoms with Crippen LogP contribution in [0.15, 0.2) is 12.1 Å². The predicted octanol–water partition coefficient (Wildman–Crippen LogP) is 3.19. The fourth-order valence-corrected chi connectivity index (χ4v) is 3.68. The van der Waals surface area contributed by atoms with Crippen molar-refractivity contribution in [3.63, 3.8) is 0 Å². The Morgan fingerprint density at radius 2 is 1.64 bits per heavy atom. The third kappa shape index (κ3) is 4.55. The molecule has 6 nitrogen and oxygen atoms in total. The molecule has 0 radical (unpaired) electrons. The van der Waals surface area contributed by atoms with Crippen LogP contribution in [-0.2, 0) is 0 Å². The molecule has 8 heteroatoms. The Hall–Kier alpha value is -1.53. The van der Waals surface area contributed by atoms with Gasteiger partial charge in [-0.05, 0) is 25.0 Å². The van der Waals surface area contributed by atoms with Crippen LogP contribution in [-0.4, -0.2) is 58.9 Å². The van der Waals surface area contributed by atoms with Gasteiger partial charge in [0, 0.05) is 32.2 Å².